The molecule has 1 fully saturated rings. The lowest BCUT2D eigenvalue weighted by molar-refractivity contribution is 0.0701. The fourth-order valence-corrected chi connectivity index (χ4v) is 5.24. The summed E-state index contributed by atoms with van der Waals surface area (Å²) in [4.78, 5) is 23.3. The molecule has 1 saturated heterocycles. The fraction of sp³-hybridized carbons (Fsp3) is 0.480. The lowest BCUT2D eigenvalue weighted by atomic mass is 10.1. The molecule has 4 rings (SSSR count). The molecule has 11 nitrogen and oxygen atoms in total. The highest BCUT2D eigenvalue weighted by atomic mass is 32.1. The first-order valence-corrected chi connectivity index (χ1v) is 12.9. The number of carboxylic acids is 1. The first-order valence-electron chi connectivity index (χ1n) is 12.1. The third kappa shape index (κ3) is 6.08. The van der Waals surface area contributed by atoms with E-state index in [1.807, 2.05) is 19.1 Å². The summed E-state index contributed by atoms with van der Waals surface area (Å²) in [6.07, 6.45) is 5.55. The van der Waals surface area contributed by atoms with Crippen LogP contribution in [0.2, 0.25) is 0 Å². The van der Waals surface area contributed by atoms with Crippen LogP contribution in [0.5, 0.6) is 17.2 Å². The van der Waals surface area contributed by atoms with E-state index in [1.54, 1.807) is 28.3 Å². The largest absolute Gasteiger partial charge is 0.493 e. The van der Waals surface area contributed by atoms with Crippen LogP contribution >= 0.6 is 11.3 Å². The predicted octanol–water partition coefficient (Wildman–Crippen LogP) is 3.38. The number of aromatic nitrogens is 1. The summed E-state index contributed by atoms with van der Waals surface area (Å²) in [5.41, 5.74) is 0.642. The van der Waals surface area contributed by atoms with Crippen molar-refractivity contribution in [3.8, 4) is 17.2 Å². The number of thiazole rings is 1. The Hall–Kier alpha value is -3.51. The van der Waals surface area contributed by atoms with Crippen LogP contribution in [0, 0.1) is 6.92 Å². The maximum Gasteiger partial charge on any atom is 0.347 e. The highest BCUT2D eigenvalue weighted by Gasteiger charge is 2.30. The summed E-state index contributed by atoms with van der Waals surface area (Å²) in [6.45, 7) is 6.06. The Kier molecular flexibility index (Phi) is 8.08. The minimum absolute atomic E-state index is 0.203. The van der Waals surface area contributed by atoms with Crippen LogP contribution in [0.15, 0.2) is 29.0 Å². The third-order valence-electron chi connectivity index (χ3n) is 6.30. The second-order valence-corrected chi connectivity index (χ2v) is 10.1. The highest BCUT2D eigenvalue weighted by molar-refractivity contribution is 7.17. The zero-order chi connectivity index (χ0) is 26.6. The molecule has 1 atom stereocenters. The van der Waals surface area contributed by atoms with Gasteiger partial charge in [0.2, 0.25) is 11.7 Å². The molecule has 37 heavy (non-hydrogen) atoms. The summed E-state index contributed by atoms with van der Waals surface area (Å²) in [7, 11) is 4.76. The lowest BCUT2D eigenvalue weighted by Crippen LogP contribution is -2.50. The molecule has 12 heteroatoms. The second-order valence-electron chi connectivity index (χ2n) is 9.06. The molecule has 1 aromatic heterocycles. The summed E-state index contributed by atoms with van der Waals surface area (Å²) >= 11 is 1.08. The number of aromatic carboxylic acids is 1. The van der Waals surface area contributed by atoms with Crippen molar-refractivity contribution in [2.45, 2.75) is 45.3 Å². The molecule has 0 aliphatic carbocycles. The first kappa shape index (κ1) is 26.6. The second kappa shape index (κ2) is 11.3. The number of hydrogen-bond donors (Lipinski definition) is 4. The molecule has 2 aliphatic heterocycles. The zero-order valence-electron chi connectivity index (χ0n) is 21.8. The smallest absolute Gasteiger partial charge is 0.347 e. The van der Waals surface area contributed by atoms with Crippen LogP contribution in [-0.4, -0.2) is 67.0 Å². The van der Waals surface area contributed by atoms with Crippen molar-refractivity contribution in [2.24, 2.45) is 4.99 Å². The molecule has 4 N–H and O–H groups in total. The van der Waals surface area contributed by atoms with Gasteiger partial charge in [-0.05, 0) is 56.9 Å². The number of benzene rings is 1. The van der Waals surface area contributed by atoms with Crippen molar-refractivity contribution >= 4 is 28.4 Å². The number of nitrogens with zero attached hydrogens (tertiary/aromatic N) is 3. The van der Waals surface area contributed by atoms with E-state index in [9.17, 15) is 9.90 Å². The van der Waals surface area contributed by atoms with Gasteiger partial charge in [0, 0.05) is 19.6 Å². The van der Waals surface area contributed by atoms with E-state index in [0.29, 0.717) is 40.6 Å². The van der Waals surface area contributed by atoms with E-state index in [-0.39, 0.29) is 4.88 Å². The number of likely N-dealkylation sites (tertiary alicyclic amines) is 1. The molecule has 1 aromatic carbocycles. The zero-order valence-corrected chi connectivity index (χ0v) is 22.6. The number of nitrogens with one attached hydrogen (secondary N) is 3. The van der Waals surface area contributed by atoms with Crippen LogP contribution in [0.4, 0.5) is 5.13 Å². The monoisotopic (exact) mass is 530 g/mol. The molecule has 2 aliphatic rings. The Morgan fingerprint density at radius 2 is 1.84 bits per heavy atom. The van der Waals surface area contributed by atoms with Crippen LogP contribution in [0.25, 0.3) is 0 Å². The van der Waals surface area contributed by atoms with E-state index >= 15 is 0 Å². The van der Waals surface area contributed by atoms with E-state index in [0.717, 1.165) is 48.7 Å². The molecule has 0 bridgehead atoms. The molecule has 0 saturated carbocycles. The van der Waals surface area contributed by atoms with Crippen molar-refractivity contribution in [1.82, 2.24) is 20.5 Å². The molecule has 1 unspecified atom stereocenters. The molecule has 3 heterocycles. The Balaban J connectivity index is 1.60. The third-order valence-corrected chi connectivity index (χ3v) is 7.36. The summed E-state index contributed by atoms with van der Waals surface area (Å²) in [5.74, 6) is 2.15. The summed E-state index contributed by atoms with van der Waals surface area (Å²) in [5, 5.41) is 20.0. The Labute approximate surface area is 220 Å². The average molecular weight is 531 g/mol. The fourth-order valence-electron chi connectivity index (χ4n) is 4.44. The van der Waals surface area contributed by atoms with Crippen LogP contribution in [-0.2, 0) is 6.54 Å². The number of rotatable bonds is 9. The standard InChI is InChI=1S/C25H34N6O5S/c1-15-21(22(32)33)37-24(27-15)29-23-28-19(31-9-7-6-8-10-31)13-25(2,30-23)26-14-16-11-17(34-3)20(36-5)18(12-16)35-4/h11-13,26H,6-10,14H2,1-5H3,(H,32,33)(H2,27,28,29,30). The molecule has 0 amide bonds. The van der Waals surface area contributed by atoms with Crippen molar-refractivity contribution < 1.29 is 24.1 Å². The number of ether oxygens (including phenoxy) is 3. The number of anilines is 1. The number of aryl methyl sites for hydroxylation is 1. The van der Waals surface area contributed by atoms with Gasteiger partial charge in [-0.1, -0.05) is 11.3 Å². The van der Waals surface area contributed by atoms with Gasteiger partial charge in [0.25, 0.3) is 0 Å². The van der Waals surface area contributed by atoms with Gasteiger partial charge in [-0.2, -0.15) is 0 Å². The van der Waals surface area contributed by atoms with Crippen molar-refractivity contribution in [3.05, 3.63) is 40.2 Å². The van der Waals surface area contributed by atoms with Crippen LogP contribution in [0.1, 0.15) is 47.1 Å². The van der Waals surface area contributed by atoms with Gasteiger partial charge in [-0.15, -0.1) is 0 Å². The highest BCUT2D eigenvalue weighted by Crippen LogP contribution is 2.38. The van der Waals surface area contributed by atoms with Crippen molar-refractivity contribution in [2.75, 3.05) is 39.7 Å². The minimum atomic E-state index is -0.993. The number of guanidine groups is 1. The molecule has 2 aromatic rings. The molecule has 200 valence electrons. The quantitative estimate of drug-likeness (QED) is 0.383. The minimum Gasteiger partial charge on any atom is -0.493 e. The van der Waals surface area contributed by atoms with Gasteiger partial charge in [0.1, 0.15) is 16.4 Å². The Morgan fingerprint density at radius 3 is 2.41 bits per heavy atom. The lowest BCUT2D eigenvalue weighted by Gasteiger charge is -2.37. The SMILES string of the molecule is COc1cc(CNC2(C)C=C(N3CCCCC3)NC(Nc3nc(C)c(C(=O)O)s3)=N2)cc(OC)c1OC. The van der Waals surface area contributed by atoms with Crippen LogP contribution in [0.3, 0.4) is 0 Å². The van der Waals surface area contributed by atoms with Gasteiger partial charge >= 0.3 is 5.97 Å². The van der Waals surface area contributed by atoms with E-state index in [2.05, 4.69) is 31.9 Å². The van der Waals surface area contributed by atoms with E-state index in [1.165, 1.54) is 6.42 Å². The molecule has 0 radical (unpaired) electrons. The first-order chi connectivity index (χ1) is 17.7. The van der Waals surface area contributed by atoms with E-state index < -0.39 is 11.6 Å². The van der Waals surface area contributed by atoms with Gasteiger partial charge in [0.15, 0.2) is 16.6 Å². The van der Waals surface area contributed by atoms with Gasteiger partial charge in [-0.25, -0.2) is 14.8 Å². The normalized spacial score (nSPS) is 19.4. The summed E-state index contributed by atoms with van der Waals surface area (Å²) in [6, 6.07) is 3.81. The number of piperidine rings is 1. The molecular weight excluding hydrogens is 496 g/mol. The predicted molar refractivity (Wildman–Crippen MR) is 143 cm³/mol. The topological polar surface area (TPSA) is 130 Å². The maximum absolute atomic E-state index is 11.5. The average Bonchev–Trinajstić information content (AvgIpc) is 3.26. The number of carboxylic acid groups (broad SMARTS) is 1. The molecule has 0 spiro atoms. The van der Waals surface area contributed by atoms with E-state index in [4.69, 9.17) is 19.2 Å². The number of carbonyl (C=O) groups is 1. The maximum atomic E-state index is 11.5. The van der Waals surface area contributed by atoms with Gasteiger partial charge in [-0.3, -0.25) is 5.32 Å². The summed E-state index contributed by atoms with van der Waals surface area (Å²) < 4.78 is 16.4. The van der Waals surface area contributed by atoms with Crippen molar-refractivity contribution in [1.29, 1.82) is 0 Å². The van der Waals surface area contributed by atoms with Gasteiger partial charge in [0.05, 0.1) is 27.0 Å². The van der Waals surface area contributed by atoms with Crippen LogP contribution < -0.4 is 30.2 Å². The van der Waals surface area contributed by atoms with Gasteiger partial charge < -0.3 is 34.9 Å². The Bertz CT molecular complexity index is 1180. The number of hydrogen-bond acceptors (Lipinski definition) is 11. The van der Waals surface area contributed by atoms with Crippen molar-refractivity contribution in [3.63, 3.8) is 0 Å². The number of methoxy groups -OCH3 is 3. The number of aliphatic imine (C=N–C) groups is 1. The Morgan fingerprint density at radius 1 is 1.16 bits per heavy atom. The molecular formula is C25H34N6O5S.